The van der Waals surface area contributed by atoms with Crippen LogP contribution < -0.4 is 5.32 Å². The Morgan fingerprint density at radius 2 is 2.26 bits per heavy atom. The van der Waals surface area contributed by atoms with E-state index in [1.165, 1.54) is 11.3 Å². The summed E-state index contributed by atoms with van der Waals surface area (Å²) in [5.74, 6) is -0.231. The summed E-state index contributed by atoms with van der Waals surface area (Å²) < 4.78 is 0. The summed E-state index contributed by atoms with van der Waals surface area (Å²) >= 11 is 1.44. The molecule has 2 aromatic rings. The second-order valence-corrected chi connectivity index (χ2v) is 5.74. The first-order chi connectivity index (χ1) is 9.15. The Bertz CT molecular complexity index is 623. The van der Waals surface area contributed by atoms with Gasteiger partial charge in [0.05, 0.1) is 17.2 Å². The molecule has 0 bridgehead atoms. The number of aliphatic hydroxyl groups is 1. The van der Waals surface area contributed by atoms with Crippen LogP contribution in [0, 0.1) is 6.92 Å². The Balaban J connectivity index is 1.82. The molecule has 0 fully saturated rings. The lowest BCUT2D eigenvalue weighted by molar-refractivity contribution is 0.0854. The Morgan fingerprint density at radius 3 is 3.00 bits per heavy atom. The SMILES string of the molecule is Cc1nc(C(=O)N[C@H]2c3ccccc3C[C@H]2O)cs1. The second kappa shape index (κ2) is 4.75. The van der Waals surface area contributed by atoms with Gasteiger partial charge < -0.3 is 10.4 Å². The molecule has 98 valence electrons. The third-order valence-electron chi connectivity index (χ3n) is 3.34. The third kappa shape index (κ3) is 2.27. The minimum absolute atomic E-state index is 0.231. The van der Waals surface area contributed by atoms with Crippen LogP contribution in [0.25, 0.3) is 0 Å². The Kier molecular flexibility index (Phi) is 3.08. The standard InChI is InChI=1S/C14H14N2O2S/c1-8-15-11(7-19-8)14(18)16-13-10-5-3-2-4-9(10)6-12(13)17/h2-5,7,12-13,17H,6H2,1H3,(H,16,18)/t12-,13+/m1/s1. The van der Waals surface area contributed by atoms with Crippen molar-refractivity contribution in [2.45, 2.75) is 25.5 Å². The van der Waals surface area contributed by atoms with Gasteiger partial charge in [-0.15, -0.1) is 11.3 Å². The van der Waals surface area contributed by atoms with Crippen molar-refractivity contribution in [2.75, 3.05) is 0 Å². The minimum Gasteiger partial charge on any atom is -0.390 e. The molecular formula is C14H14N2O2S. The van der Waals surface area contributed by atoms with E-state index in [4.69, 9.17) is 0 Å². The van der Waals surface area contributed by atoms with Crippen molar-refractivity contribution in [3.8, 4) is 0 Å². The van der Waals surface area contributed by atoms with Crippen LogP contribution in [0.5, 0.6) is 0 Å². The van der Waals surface area contributed by atoms with Gasteiger partial charge in [0.25, 0.3) is 5.91 Å². The van der Waals surface area contributed by atoms with Gasteiger partial charge in [-0.2, -0.15) is 0 Å². The average molecular weight is 274 g/mol. The Hall–Kier alpha value is -1.72. The van der Waals surface area contributed by atoms with Crippen LogP contribution in [0.15, 0.2) is 29.6 Å². The number of carbonyl (C=O) groups is 1. The first-order valence-corrected chi connectivity index (χ1v) is 7.02. The number of hydrogen-bond acceptors (Lipinski definition) is 4. The molecule has 1 aliphatic carbocycles. The number of aliphatic hydroxyl groups excluding tert-OH is 1. The van der Waals surface area contributed by atoms with Crippen molar-refractivity contribution in [3.63, 3.8) is 0 Å². The first kappa shape index (κ1) is 12.3. The fourth-order valence-electron chi connectivity index (χ4n) is 2.43. The van der Waals surface area contributed by atoms with Gasteiger partial charge in [0.2, 0.25) is 0 Å². The van der Waals surface area contributed by atoms with Crippen LogP contribution in [0.4, 0.5) is 0 Å². The highest BCUT2D eigenvalue weighted by Gasteiger charge is 2.32. The van der Waals surface area contributed by atoms with Gasteiger partial charge in [0.15, 0.2) is 0 Å². The molecule has 1 heterocycles. The molecular weight excluding hydrogens is 260 g/mol. The van der Waals surface area contributed by atoms with E-state index in [9.17, 15) is 9.90 Å². The molecule has 2 N–H and O–H groups in total. The van der Waals surface area contributed by atoms with Crippen LogP contribution in [-0.2, 0) is 6.42 Å². The lowest BCUT2D eigenvalue weighted by Crippen LogP contribution is -2.34. The van der Waals surface area contributed by atoms with Crippen molar-refractivity contribution in [2.24, 2.45) is 0 Å². The maximum atomic E-state index is 12.1. The Morgan fingerprint density at radius 1 is 1.47 bits per heavy atom. The highest BCUT2D eigenvalue weighted by atomic mass is 32.1. The van der Waals surface area contributed by atoms with E-state index in [0.717, 1.165) is 16.1 Å². The quantitative estimate of drug-likeness (QED) is 0.878. The van der Waals surface area contributed by atoms with E-state index in [1.54, 1.807) is 5.38 Å². The largest absolute Gasteiger partial charge is 0.390 e. The van der Waals surface area contributed by atoms with Crippen LogP contribution in [0.3, 0.4) is 0 Å². The molecule has 1 amide bonds. The van der Waals surface area contributed by atoms with E-state index in [1.807, 2.05) is 31.2 Å². The molecule has 0 aliphatic heterocycles. The molecule has 19 heavy (non-hydrogen) atoms. The molecule has 0 unspecified atom stereocenters. The number of nitrogens with one attached hydrogen (secondary N) is 1. The number of aryl methyl sites for hydroxylation is 1. The average Bonchev–Trinajstić information content (AvgIpc) is 2.95. The highest BCUT2D eigenvalue weighted by molar-refractivity contribution is 7.09. The van der Waals surface area contributed by atoms with E-state index in [0.29, 0.717) is 12.1 Å². The van der Waals surface area contributed by atoms with Crippen molar-refractivity contribution >= 4 is 17.2 Å². The predicted octanol–water partition coefficient (Wildman–Crippen LogP) is 1.84. The molecule has 0 saturated carbocycles. The molecule has 1 aromatic carbocycles. The minimum atomic E-state index is -0.568. The van der Waals surface area contributed by atoms with Gasteiger partial charge in [0.1, 0.15) is 5.69 Å². The number of aromatic nitrogens is 1. The molecule has 3 rings (SSSR count). The molecule has 0 spiro atoms. The summed E-state index contributed by atoms with van der Waals surface area (Å²) in [6.45, 7) is 1.86. The third-order valence-corrected chi connectivity index (χ3v) is 4.12. The Labute approximate surface area is 115 Å². The van der Waals surface area contributed by atoms with Gasteiger partial charge in [-0.1, -0.05) is 24.3 Å². The van der Waals surface area contributed by atoms with E-state index in [2.05, 4.69) is 10.3 Å². The summed E-state index contributed by atoms with van der Waals surface area (Å²) in [4.78, 5) is 16.2. The number of benzene rings is 1. The molecule has 1 aliphatic rings. The summed E-state index contributed by atoms with van der Waals surface area (Å²) in [5.41, 5.74) is 2.50. The van der Waals surface area contributed by atoms with Crippen LogP contribution in [0.1, 0.15) is 32.7 Å². The van der Waals surface area contributed by atoms with Crippen LogP contribution in [-0.4, -0.2) is 22.1 Å². The number of hydrogen-bond donors (Lipinski definition) is 2. The summed E-state index contributed by atoms with van der Waals surface area (Å²) in [7, 11) is 0. The van der Waals surface area contributed by atoms with Gasteiger partial charge in [-0.3, -0.25) is 4.79 Å². The zero-order chi connectivity index (χ0) is 13.4. The fourth-order valence-corrected chi connectivity index (χ4v) is 3.02. The summed E-state index contributed by atoms with van der Waals surface area (Å²) in [5, 5.41) is 15.5. The zero-order valence-corrected chi connectivity index (χ0v) is 11.3. The predicted molar refractivity (Wildman–Crippen MR) is 73.2 cm³/mol. The monoisotopic (exact) mass is 274 g/mol. The highest BCUT2D eigenvalue weighted by Crippen LogP contribution is 2.31. The molecule has 0 radical (unpaired) electrons. The number of carbonyl (C=O) groups excluding carboxylic acids is 1. The number of fused-ring (bicyclic) bond motifs is 1. The van der Waals surface area contributed by atoms with Gasteiger partial charge >= 0.3 is 0 Å². The van der Waals surface area contributed by atoms with Crippen molar-refractivity contribution < 1.29 is 9.90 Å². The van der Waals surface area contributed by atoms with Crippen LogP contribution >= 0.6 is 11.3 Å². The van der Waals surface area contributed by atoms with Gasteiger partial charge in [0, 0.05) is 11.8 Å². The second-order valence-electron chi connectivity index (χ2n) is 4.67. The molecule has 5 heteroatoms. The van der Waals surface area contributed by atoms with Gasteiger partial charge in [-0.25, -0.2) is 4.98 Å². The van der Waals surface area contributed by atoms with Crippen molar-refractivity contribution in [1.29, 1.82) is 0 Å². The maximum absolute atomic E-state index is 12.1. The van der Waals surface area contributed by atoms with E-state index < -0.39 is 6.10 Å². The number of nitrogens with zero attached hydrogens (tertiary/aromatic N) is 1. The van der Waals surface area contributed by atoms with E-state index in [-0.39, 0.29) is 11.9 Å². The van der Waals surface area contributed by atoms with Gasteiger partial charge in [-0.05, 0) is 18.1 Å². The topological polar surface area (TPSA) is 62.2 Å². The summed E-state index contributed by atoms with van der Waals surface area (Å²) in [6.07, 6.45) is 0.0121. The number of amides is 1. The molecule has 0 saturated heterocycles. The fraction of sp³-hybridized carbons (Fsp3) is 0.286. The maximum Gasteiger partial charge on any atom is 0.271 e. The van der Waals surface area contributed by atoms with Crippen molar-refractivity contribution in [1.82, 2.24) is 10.3 Å². The summed E-state index contributed by atoms with van der Waals surface area (Å²) in [6, 6.07) is 7.45. The number of thiazole rings is 1. The normalized spacial score (nSPS) is 21.2. The lowest BCUT2D eigenvalue weighted by atomic mass is 10.1. The zero-order valence-electron chi connectivity index (χ0n) is 10.5. The first-order valence-electron chi connectivity index (χ1n) is 6.14. The van der Waals surface area contributed by atoms with E-state index >= 15 is 0 Å². The molecule has 1 aromatic heterocycles. The molecule has 2 atom stereocenters. The molecule has 4 nitrogen and oxygen atoms in total. The van der Waals surface area contributed by atoms with Crippen molar-refractivity contribution in [3.05, 3.63) is 51.5 Å². The number of rotatable bonds is 2. The lowest BCUT2D eigenvalue weighted by Gasteiger charge is -2.17. The smallest absolute Gasteiger partial charge is 0.271 e. The van der Waals surface area contributed by atoms with Crippen LogP contribution in [0.2, 0.25) is 0 Å².